The molecule has 2 aromatic heterocycles. The fourth-order valence-corrected chi connectivity index (χ4v) is 2.73. The maximum Gasteiger partial charge on any atom is 0.256 e. The first-order valence-corrected chi connectivity index (χ1v) is 7.49. The van der Waals surface area contributed by atoms with Gasteiger partial charge in [0.1, 0.15) is 0 Å². The van der Waals surface area contributed by atoms with Crippen molar-refractivity contribution in [3.63, 3.8) is 0 Å². The van der Waals surface area contributed by atoms with Crippen molar-refractivity contribution < 1.29 is 4.79 Å². The van der Waals surface area contributed by atoms with Crippen LogP contribution in [-0.2, 0) is 0 Å². The number of rotatable bonds is 2. The molecule has 2 heterocycles. The average molecular weight is 315 g/mol. The Balaban J connectivity index is 1.74. The van der Waals surface area contributed by atoms with Gasteiger partial charge in [-0.15, -0.1) is 0 Å². The van der Waals surface area contributed by atoms with Crippen molar-refractivity contribution in [3.05, 3.63) is 82.8 Å². The van der Waals surface area contributed by atoms with E-state index in [0.29, 0.717) is 22.2 Å². The lowest BCUT2D eigenvalue weighted by Gasteiger charge is -2.08. The number of amides is 1. The number of aromatic nitrogens is 2. The van der Waals surface area contributed by atoms with Crippen LogP contribution in [-0.4, -0.2) is 15.9 Å². The molecule has 4 aromatic rings. The van der Waals surface area contributed by atoms with Crippen molar-refractivity contribution in [2.45, 2.75) is 0 Å². The van der Waals surface area contributed by atoms with Crippen LogP contribution < -0.4 is 10.9 Å². The second-order valence-electron chi connectivity index (χ2n) is 5.46. The Morgan fingerprint density at radius 2 is 1.79 bits per heavy atom. The van der Waals surface area contributed by atoms with Gasteiger partial charge < -0.3 is 10.3 Å². The van der Waals surface area contributed by atoms with Gasteiger partial charge in [-0.05, 0) is 18.2 Å². The summed E-state index contributed by atoms with van der Waals surface area (Å²) in [4.78, 5) is 31.5. The van der Waals surface area contributed by atoms with Gasteiger partial charge in [-0.2, -0.15) is 0 Å². The summed E-state index contributed by atoms with van der Waals surface area (Å²) in [5, 5.41) is 4.45. The van der Waals surface area contributed by atoms with Crippen LogP contribution in [0.15, 0.2) is 71.7 Å². The van der Waals surface area contributed by atoms with Gasteiger partial charge >= 0.3 is 0 Å². The van der Waals surface area contributed by atoms with Gasteiger partial charge in [-0.3, -0.25) is 14.6 Å². The number of nitrogens with zero attached hydrogens (tertiary/aromatic N) is 1. The third-order valence-electron chi connectivity index (χ3n) is 3.84. The minimum Gasteiger partial charge on any atom is -0.322 e. The number of hydrogen-bond acceptors (Lipinski definition) is 3. The zero-order valence-electron chi connectivity index (χ0n) is 12.6. The van der Waals surface area contributed by atoms with E-state index in [1.54, 1.807) is 18.3 Å². The van der Waals surface area contributed by atoms with Crippen molar-refractivity contribution in [1.29, 1.82) is 0 Å². The molecule has 24 heavy (non-hydrogen) atoms. The molecule has 0 unspecified atom stereocenters. The number of carbonyl (C=O) groups is 1. The minimum absolute atomic E-state index is 0.310. The molecule has 0 spiro atoms. The summed E-state index contributed by atoms with van der Waals surface area (Å²) >= 11 is 0. The van der Waals surface area contributed by atoms with Gasteiger partial charge in [-0.1, -0.05) is 36.4 Å². The standard InChI is InChI=1S/C19H13N3O2/c23-18-10-15(14-6-2-4-8-17(14)22-18)19(24)21-13-9-12-5-1-3-7-16(12)20-11-13/h1-11H,(H,21,24)(H,22,23). The molecule has 116 valence electrons. The monoisotopic (exact) mass is 315 g/mol. The van der Waals surface area contributed by atoms with Crippen LogP contribution in [0.1, 0.15) is 10.4 Å². The lowest BCUT2D eigenvalue weighted by Crippen LogP contribution is -2.17. The van der Waals surface area contributed by atoms with E-state index in [-0.39, 0.29) is 11.5 Å². The smallest absolute Gasteiger partial charge is 0.256 e. The van der Waals surface area contributed by atoms with Gasteiger partial charge in [0.05, 0.1) is 23.0 Å². The highest BCUT2D eigenvalue weighted by Crippen LogP contribution is 2.19. The number of carbonyl (C=O) groups excluding carboxylic acids is 1. The largest absolute Gasteiger partial charge is 0.322 e. The molecular formula is C19H13N3O2. The van der Waals surface area contributed by atoms with E-state index in [2.05, 4.69) is 15.3 Å². The molecule has 2 aromatic carbocycles. The molecule has 2 N–H and O–H groups in total. The highest BCUT2D eigenvalue weighted by Gasteiger charge is 2.12. The van der Waals surface area contributed by atoms with E-state index in [0.717, 1.165) is 10.9 Å². The number of pyridine rings is 2. The van der Waals surface area contributed by atoms with Crippen molar-refractivity contribution in [2.75, 3.05) is 5.32 Å². The van der Waals surface area contributed by atoms with E-state index in [1.807, 2.05) is 42.5 Å². The molecule has 0 saturated carbocycles. The predicted octanol–water partition coefficient (Wildman–Crippen LogP) is 3.33. The number of hydrogen-bond donors (Lipinski definition) is 2. The molecule has 0 aliphatic heterocycles. The summed E-state index contributed by atoms with van der Waals surface area (Å²) in [5.41, 5.74) is 2.10. The third kappa shape index (κ3) is 2.52. The number of anilines is 1. The van der Waals surface area contributed by atoms with E-state index in [1.165, 1.54) is 6.07 Å². The highest BCUT2D eigenvalue weighted by molar-refractivity contribution is 6.12. The number of para-hydroxylation sites is 2. The fourth-order valence-electron chi connectivity index (χ4n) is 2.73. The van der Waals surface area contributed by atoms with Gasteiger partial charge in [-0.25, -0.2) is 0 Å². The molecule has 0 bridgehead atoms. The van der Waals surface area contributed by atoms with Gasteiger partial charge in [0.2, 0.25) is 5.56 Å². The molecule has 1 amide bonds. The summed E-state index contributed by atoms with van der Waals surface area (Å²) < 4.78 is 0. The molecule has 5 nitrogen and oxygen atoms in total. The normalized spacial score (nSPS) is 10.8. The second kappa shape index (κ2) is 5.62. The highest BCUT2D eigenvalue weighted by atomic mass is 16.2. The lowest BCUT2D eigenvalue weighted by molar-refractivity contribution is 0.102. The van der Waals surface area contributed by atoms with Crippen LogP contribution in [0.2, 0.25) is 0 Å². The van der Waals surface area contributed by atoms with Crippen molar-refractivity contribution >= 4 is 33.4 Å². The lowest BCUT2D eigenvalue weighted by atomic mass is 10.1. The van der Waals surface area contributed by atoms with Crippen LogP contribution >= 0.6 is 0 Å². The minimum atomic E-state index is -0.339. The van der Waals surface area contributed by atoms with E-state index >= 15 is 0 Å². The SMILES string of the molecule is O=C(Nc1cnc2ccccc2c1)c1cc(=O)[nH]c2ccccc12. The van der Waals surface area contributed by atoms with Crippen LogP contribution in [0.4, 0.5) is 5.69 Å². The van der Waals surface area contributed by atoms with Gasteiger partial charge in [0.25, 0.3) is 5.91 Å². The number of H-pyrrole nitrogens is 1. The molecule has 0 saturated heterocycles. The number of aromatic amines is 1. The van der Waals surface area contributed by atoms with Crippen LogP contribution in [0.25, 0.3) is 21.8 Å². The Bertz CT molecular complexity index is 1130. The predicted molar refractivity (Wildman–Crippen MR) is 94.3 cm³/mol. The summed E-state index contributed by atoms with van der Waals surface area (Å²) in [7, 11) is 0. The zero-order valence-corrected chi connectivity index (χ0v) is 12.6. The maximum atomic E-state index is 12.6. The van der Waals surface area contributed by atoms with Gasteiger partial charge in [0, 0.05) is 22.4 Å². The maximum absolute atomic E-state index is 12.6. The first kappa shape index (κ1) is 14.1. The first-order chi connectivity index (χ1) is 11.7. The Labute approximate surface area is 137 Å². The van der Waals surface area contributed by atoms with Crippen LogP contribution in [0.5, 0.6) is 0 Å². The quantitative estimate of drug-likeness (QED) is 0.596. The molecule has 0 atom stereocenters. The Kier molecular flexibility index (Phi) is 3.31. The molecular weight excluding hydrogens is 302 g/mol. The number of fused-ring (bicyclic) bond motifs is 2. The zero-order chi connectivity index (χ0) is 16.5. The van der Waals surface area contributed by atoms with Crippen molar-refractivity contribution in [3.8, 4) is 0 Å². The molecule has 0 aliphatic carbocycles. The van der Waals surface area contributed by atoms with Crippen molar-refractivity contribution in [2.24, 2.45) is 0 Å². The molecule has 5 heteroatoms. The fraction of sp³-hybridized carbons (Fsp3) is 0. The Morgan fingerprint density at radius 3 is 2.71 bits per heavy atom. The Morgan fingerprint density at radius 1 is 1.00 bits per heavy atom. The van der Waals surface area contributed by atoms with Crippen LogP contribution in [0.3, 0.4) is 0 Å². The molecule has 0 fully saturated rings. The number of benzene rings is 2. The first-order valence-electron chi connectivity index (χ1n) is 7.49. The topological polar surface area (TPSA) is 74.8 Å². The summed E-state index contributed by atoms with van der Waals surface area (Å²) in [6.45, 7) is 0. The van der Waals surface area contributed by atoms with E-state index in [9.17, 15) is 9.59 Å². The summed E-state index contributed by atoms with van der Waals surface area (Å²) in [6.07, 6.45) is 1.61. The van der Waals surface area contributed by atoms with Crippen molar-refractivity contribution in [1.82, 2.24) is 9.97 Å². The third-order valence-corrected chi connectivity index (χ3v) is 3.84. The molecule has 4 rings (SSSR count). The Hall–Kier alpha value is -3.47. The molecule has 0 aliphatic rings. The summed E-state index contributed by atoms with van der Waals surface area (Å²) in [6, 6.07) is 18.1. The summed E-state index contributed by atoms with van der Waals surface area (Å²) in [5.74, 6) is -0.339. The number of nitrogens with one attached hydrogen (secondary N) is 2. The van der Waals surface area contributed by atoms with E-state index < -0.39 is 0 Å². The molecule has 0 radical (unpaired) electrons. The second-order valence-corrected chi connectivity index (χ2v) is 5.46. The van der Waals surface area contributed by atoms with E-state index in [4.69, 9.17) is 0 Å². The van der Waals surface area contributed by atoms with Crippen LogP contribution in [0, 0.1) is 0 Å². The average Bonchev–Trinajstić information content (AvgIpc) is 2.60. The van der Waals surface area contributed by atoms with Gasteiger partial charge in [0.15, 0.2) is 0 Å².